The van der Waals surface area contributed by atoms with Crippen molar-refractivity contribution >= 4 is 32.6 Å². The molecule has 0 aliphatic carbocycles. The van der Waals surface area contributed by atoms with Gasteiger partial charge in [0, 0.05) is 25.0 Å². The summed E-state index contributed by atoms with van der Waals surface area (Å²) in [4.78, 5) is 35.4. The van der Waals surface area contributed by atoms with Gasteiger partial charge in [0.05, 0.1) is 13.2 Å². The fourth-order valence-electron chi connectivity index (χ4n) is 3.02. The number of nitrogens with two attached hydrogens (primary N) is 1. The van der Waals surface area contributed by atoms with Crippen LogP contribution >= 0.6 is 0 Å². The second-order valence-electron chi connectivity index (χ2n) is 6.93. The number of amides is 1. The first kappa shape index (κ1) is 22.4. The molecule has 11 nitrogen and oxygen atoms in total. The second-order valence-corrected chi connectivity index (χ2v) is 9.06. The molecule has 2 aromatic heterocycles. The van der Waals surface area contributed by atoms with Crippen LogP contribution in [0.2, 0.25) is 0 Å². The topological polar surface area (TPSA) is 169 Å². The van der Waals surface area contributed by atoms with E-state index in [1.165, 1.54) is 4.57 Å². The van der Waals surface area contributed by atoms with Crippen LogP contribution < -0.4 is 16.7 Å². The highest BCUT2D eigenvalue weighted by Crippen LogP contribution is 2.19. The molecule has 31 heavy (non-hydrogen) atoms. The highest BCUT2D eigenvalue weighted by atomic mass is 32.2. The number of anilines is 1. The SMILES string of the molecule is CCCS(=N)(=O)c1nc(N)c2[nH]c(=O)n(Cc3ccc(C(=O)NCCOC)cc3)c2n1. The number of nitrogens with one attached hydrogen (secondary N) is 3. The van der Waals surface area contributed by atoms with Gasteiger partial charge < -0.3 is 20.8 Å². The summed E-state index contributed by atoms with van der Waals surface area (Å²) >= 11 is 0. The molecule has 0 spiro atoms. The summed E-state index contributed by atoms with van der Waals surface area (Å²) < 4.78 is 26.9. The predicted octanol–water partition coefficient (Wildman–Crippen LogP) is 0.942. The number of hydrogen-bond donors (Lipinski definition) is 4. The first-order chi connectivity index (χ1) is 14.8. The maximum absolute atomic E-state index is 12.6. The lowest BCUT2D eigenvalue weighted by Gasteiger charge is -2.08. The number of aromatic amines is 1. The van der Waals surface area contributed by atoms with Crippen molar-refractivity contribution in [2.45, 2.75) is 25.0 Å². The van der Waals surface area contributed by atoms with Gasteiger partial charge in [-0.2, -0.15) is 4.98 Å². The summed E-state index contributed by atoms with van der Waals surface area (Å²) in [6.45, 7) is 2.78. The third-order valence-corrected chi connectivity index (χ3v) is 6.32. The van der Waals surface area contributed by atoms with E-state index < -0.39 is 15.4 Å². The largest absolute Gasteiger partial charge is 0.383 e. The Balaban J connectivity index is 1.91. The van der Waals surface area contributed by atoms with Crippen molar-refractivity contribution in [3.05, 3.63) is 45.9 Å². The Morgan fingerprint density at radius 3 is 2.68 bits per heavy atom. The maximum Gasteiger partial charge on any atom is 0.328 e. The van der Waals surface area contributed by atoms with Crippen LogP contribution in [0.25, 0.3) is 11.2 Å². The van der Waals surface area contributed by atoms with Crippen molar-refractivity contribution in [2.75, 3.05) is 31.7 Å². The number of carbonyl (C=O) groups excluding carboxylic acids is 1. The van der Waals surface area contributed by atoms with E-state index in [0.29, 0.717) is 25.1 Å². The number of nitrogens with zero attached hydrogens (tertiary/aromatic N) is 3. The van der Waals surface area contributed by atoms with Gasteiger partial charge in [-0.25, -0.2) is 18.8 Å². The van der Waals surface area contributed by atoms with Crippen molar-refractivity contribution < 1.29 is 13.7 Å². The molecule has 0 saturated heterocycles. The zero-order valence-corrected chi connectivity index (χ0v) is 18.1. The van der Waals surface area contributed by atoms with Crippen LogP contribution in [0.15, 0.2) is 34.2 Å². The smallest absolute Gasteiger partial charge is 0.328 e. The molecule has 2 heterocycles. The molecule has 0 bridgehead atoms. The molecular weight excluding hydrogens is 422 g/mol. The molecule has 0 radical (unpaired) electrons. The summed E-state index contributed by atoms with van der Waals surface area (Å²) in [6.07, 6.45) is 0.523. The number of imidazole rings is 1. The average Bonchev–Trinajstić information content (AvgIpc) is 3.05. The van der Waals surface area contributed by atoms with Gasteiger partial charge in [-0.1, -0.05) is 19.1 Å². The van der Waals surface area contributed by atoms with Gasteiger partial charge in [0.15, 0.2) is 11.5 Å². The summed E-state index contributed by atoms with van der Waals surface area (Å²) in [7, 11) is -1.66. The normalized spacial score (nSPS) is 13.2. The predicted molar refractivity (Wildman–Crippen MR) is 117 cm³/mol. The maximum atomic E-state index is 12.6. The fraction of sp³-hybridized carbons (Fsp3) is 0.368. The lowest BCUT2D eigenvalue weighted by Crippen LogP contribution is -2.26. The third-order valence-electron chi connectivity index (χ3n) is 4.57. The Hall–Kier alpha value is -3.25. The van der Waals surface area contributed by atoms with E-state index in [0.717, 1.165) is 5.56 Å². The molecule has 1 atom stereocenters. The number of hydrogen-bond acceptors (Lipinski definition) is 8. The fourth-order valence-corrected chi connectivity index (χ4v) is 4.25. The molecule has 0 saturated carbocycles. The van der Waals surface area contributed by atoms with Crippen LogP contribution in [0.5, 0.6) is 0 Å². The van der Waals surface area contributed by atoms with Gasteiger partial charge in [0.1, 0.15) is 15.2 Å². The van der Waals surface area contributed by atoms with Crippen LogP contribution in [-0.4, -0.2) is 55.6 Å². The molecule has 1 aromatic carbocycles. The summed E-state index contributed by atoms with van der Waals surface area (Å²) in [5, 5.41) is 2.55. The van der Waals surface area contributed by atoms with Gasteiger partial charge in [-0.05, 0) is 24.1 Å². The molecular formula is C19H25N7O4S. The minimum atomic E-state index is -3.21. The van der Waals surface area contributed by atoms with Crippen LogP contribution in [0.1, 0.15) is 29.3 Å². The lowest BCUT2D eigenvalue weighted by atomic mass is 10.1. The van der Waals surface area contributed by atoms with Gasteiger partial charge in [-0.15, -0.1) is 0 Å². The standard InChI is InChI=1S/C19H25N7O4S/c1-3-10-31(21,29)18-24-15(20)14-16(25-18)26(19(28)23-14)11-12-4-6-13(7-5-12)17(27)22-8-9-30-2/h4-7,21H,3,8-11H2,1-2H3,(H,22,27)(H,23,28)(H2,20,24,25). The molecule has 0 aliphatic rings. The van der Waals surface area contributed by atoms with Crippen LogP contribution in [0.3, 0.4) is 0 Å². The molecule has 0 aliphatic heterocycles. The Bertz CT molecular complexity index is 1250. The van der Waals surface area contributed by atoms with E-state index in [4.69, 9.17) is 15.3 Å². The minimum Gasteiger partial charge on any atom is -0.383 e. The van der Waals surface area contributed by atoms with Crippen LogP contribution in [-0.2, 0) is 21.0 Å². The van der Waals surface area contributed by atoms with Gasteiger partial charge in [0.25, 0.3) is 5.91 Å². The zero-order valence-electron chi connectivity index (χ0n) is 17.3. The highest BCUT2D eigenvalue weighted by Gasteiger charge is 2.19. The molecule has 166 valence electrons. The second kappa shape index (κ2) is 9.27. The van der Waals surface area contributed by atoms with Crippen molar-refractivity contribution in [3.63, 3.8) is 0 Å². The molecule has 1 amide bonds. The molecule has 3 aromatic rings. The molecule has 3 rings (SSSR count). The van der Waals surface area contributed by atoms with Crippen molar-refractivity contribution in [3.8, 4) is 0 Å². The minimum absolute atomic E-state index is 0.0324. The Morgan fingerprint density at radius 2 is 2.03 bits per heavy atom. The quantitative estimate of drug-likeness (QED) is 0.279. The van der Waals surface area contributed by atoms with E-state index in [-0.39, 0.29) is 40.3 Å². The van der Waals surface area contributed by atoms with Crippen molar-refractivity contribution in [1.82, 2.24) is 24.8 Å². The van der Waals surface area contributed by atoms with Crippen molar-refractivity contribution in [2.24, 2.45) is 0 Å². The number of rotatable bonds is 9. The molecule has 5 N–H and O–H groups in total. The monoisotopic (exact) mass is 447 g/mol. The number of aromatic nitrogens is 4. The lowest BCUT2D eigenvalue weighted by molar-refractivity contribution is 0.0937. The van der Waals surface area contributed by atoms with E-state index >= 15 is 0 Å². The Kier molecular flexibility index (Phi) is 6.71. The van der Waals surface area contributed by atoms with Crippen LogP contribution in [0, 0.1) is 4.78 Å². The Morgan fingerprint density at radius 1 is 1.32 bits per heavy atom. The molecule has 0 fully saturated rings. The number of benzene rings is 1. The van der Waals surface area contributed by atoms with E-state index in [1.807, 2.05) is 6.92 Å². The number of carbonyl (C=O) groups is 1. The highest BCUT2D eigenvalue weighted by molar-refractivity contribution is 7.92. The summed E-state index contributed by atoms with van der Waals surface area (Å²) in [5.74, 6) is -0.158. The number of fused-ring (bicyclic) bond motifs is 1. The van der Waals surface area contributed by atoms with Gasteiger partial charge >= 0.3 is 5.69 Å². The number of nitrogen functional groups attached to an aromatic ring is 1. The first-order valence-corrected chi connectivity index (χ1v) is 11.4. The van der Waals surface area contributed by atoms with Gasteiger partial charge in [0.2, 0.25) is 5.16 Å². The third kappa shape index (κ3) is 4.91. The Labute approximate surface area is 179 Å². The number of ether oxygens (including phenoxy) is 1. The number of H-pyrrole nitrogens is 1. The summed E-state index contributed by atoms with van der Waals surface area (Å²) in [5.41, 5.74) is 7.12. The van der Waals surface area contributed by atoms with Crippen molar-refractivity contribution in [1.29, 1.82) is 4.78 Å². The van der Waals surface area contributed by atoms with E-state index in [1.54, 1.807) is 31.4 Å². The average molecular weight is 448 g/mol. The number of methoxy groups -OCH3 is 1. The van der Waals surface area contributed by atoms with E-state index in [9.17, 15) is 13.8 Å². The first-order valence-electron chi connectivity index (χ1n) is 9.65. The zero-order chi connectivity index (χ0) is 22.6. The molecule has 12 heteroatoms. The molecule has 1 unspecified atom stereocenters. The van der Waals surface area contributed by atoms with Gasteiger partial charge in [-0.3, -0.25) is 9.36 Å². The van der Waals surface area contributed by atoms with E-state index in [2.05, 4.69) is 20.3 Å². The summed E-state index contributed by atoms with van der Waals surface area (Å²) in [6, 6.07) is 6.77. The van der Waals surface area contributed by atoms with Crippen LogP contribution in [0.4, 0.5) is 5.82 Å².